The minimum Gasteiger partial charge on any atom is -0.359 e. The summed E-state index contributed by atoms with van der Waals surface area (Å²) in [6, 6.07) is -0.503. The van der Waals surface area contributed by atoms with Crippen molar-refractivity contribution in [2.75, 3.05) is 14.1 Å². The molecule has 1 unspecified atom stereocenters. The Balaban J connectivity index is 4.15. The molecule has 0 spiro atoms. The summed E-state index contributed by atoms with van der Waals surface area (Å²) >= 11 is 0. The molecule has 1 atom stereocenters. The van der Waals surface area contributed by atoms with Crippen molar-refractivity contribution in [1.29, 1.82) is 0 Å². The van der Waals surface area contributed by atoms with E-state index in [-0.39, 0.29) is 18.2 Å². The van der Waals surface area contributed by atoms with E-state index >= 15 is 0 Å². The molecule has 0 rings (SSSR count). The van der Waals surface area contributed by atoms with Gasteiger partial charge in [-0.1, -0.05) is 19.8 Å². The van der Waals surface area contributed by atoms with Gasteiger partial charge in [0.2, 0.25) is 11.8 Å². The zero-order valence-electron chi connectivity index (χ0n) is 11.6. The van der Waals surface area contributed by atoms with E-state index in [0.29, 0.717) is 12.8 Å². The van der Waals surface area contributed by atoms with Gasteiger partial charge in [-0.05, 0) is 12.8 Å². The third-order valence-corrected chi connectivity index (χ3v) is 2.99. The van der Waals surface area contributed by atoms with Crippen molar-refractivity contribution < 1.29 is 14.4 Å². The molecule has 0 aliphatic heterocycles. The molecule has 0 aromatic carbocycles. The molecule has 0 heterocycles. The van der Waals surface area contributed by atoms with Gasteiger partial charge < -0.3 is 15.0 Å². The highest BCUT2D eigenvalue weighted by atomic mass is 16.2. The Bertz CT molecular complexity index is 279. The number of hydrogen-bond donors (Lipinski definition) is 1. The molecule has 5 nitrogen and oxygen atoms in total. The molecule has 1 N–H and O–H groups in total. The van der Waals surface area contributed by atoms with Gasteiger partial charge in [-0.25, -0.2) is 0 Å². The molecule has 0 bridgehead atoms. The lowest BCUT2D eigenvalue weighted by molar-refractivity contribution is -0.135. The highest BCUT2D eigenvalue weighted by Gasteiger charge is 2.19. The first kappa shape index (κ1) is 16.6. The molecule has 0 aliphatic rings. The van der Waals surface area contributed by atoms with Gasteiger partial charge in [-0.3, -0.25) is 9.59 Å². The maximum atomic E-state index is 11.8. The monoisotopic (exact) mass is 256 g/mol. The van der Waals surface area contributed by atoms with Gasteiger partial charge in [0, 0.05) is 26.9 Å². The van der Waals surface area contributed by atoms with Crippen LogP contribution in [0.3, 0.4) is 0 Å². The molecule has 0 saturated heterocycles. The van der Waals surface area contributed by atoms with E-state index in [2.05, 4.69) is 12.2 Å². The molecule has 0 fully saturated rings. The molecule has 0 aliphatic carbocycles. The van der Waals surface area contributed by atoms with Crippen molar-refractivity contribution in [2.24, 2.45) is 0 Å². The molecular formula is C13H24N2O3. The molecule has 2 amide bonds. The van der Waals surface area contributed by atoms with Crippen LogP contribution in [-0.2, 0) is 14.4 Å². The van der Waals surface area contributed by atoms with Crippen molar-refractivity contribution in [2.45, 2.75) is 51.5 Å². The smallest absolute Gasteiger partial charge is 0.222 e. The van der Waals surface area contributed by atoms with Gasteiger partial charge in [0.05, 0.1) is 6.04 Å². The predicted molar refractivity (Wildman–Crippen MR) is 70.1 cm³/mol. The van der Waals surface area contributed by atoms with E-state index in [1.807, 2.05) is 0 Å². The minimum absolute atomic E-state index is 0.0301. The summed E-state index contributed by atoms with van der Waals surface area (Å²) in [6.07, 6.45) is 4.76. The van der Waals surface area contributed by atoms with Crippen LogP contribution in [-0.4, -0.2) is 43.1 Å². The van der Waals surface area contributed by atoms with Gasteiger partial charge >= 0.3 is 0 Å². The lowest BCUT2D eigenvalue weighted by Gasteiger charge is -2.23. The molecule has 0 aromatic heterocycles. The third-order valence-electron chi connectivity index (χ3n) is 2.99. The number of aldehydes is 1. The number of rotatable bonds is 9. The first-order valence-electron chi connectivity index (χ1n) is 6.48. The fourth-order valence-corrected chi connectivity index (χ4v) is 1.64. The van der Waals surface area contributed by atoms with Crippen molar-refractivity contribution in [3.8, 4) is 0 Å². The van der Waals surface area contributed by atoms with Crippen molar-refractivity contribution in [3.05, 3.63) is 0 Å². The first-order chi connectivity index (χ1) is 8.56. The highest BCUT2D eigenvalue weighted by molar-refractivity contribution is 5.80. The van der Waals surface area contributed by atoms with Crippen LogP contribution in [0.5, 0.6) is 0 Å². The summed E-state index contributed by atoms with van der Waals surface area (Å²) in [5.74, 6) is -0.147. The second-order valence-electron chi connectivity index (χ2n) is 4.38. The lowest BCUT2D eigenvalue weighted by Crippen LogP contribution is -2.38. The third kappa shape index (κ3) is 6.37. The van der Waals surface area contributed by atoms with Crippen molar-refractivity contribution in [1.82, 2.24) is 10.2 Å². The Morgan fingerprint density at radius 1 is 1.28 bits per heavy atom. The quantitative estimate of drug-likeness (QED) is 0.496. The summed E-state index contributed by atoms with van der Waals surface area (Å²) in [4.78, 5) is 35.3. The minimum atomic E-state index is -0.503. The van der Waals surface area contributed by atoms with E-state index in [4.69, 9.17) is 0 Å². The Morgan fingerprint density at radius 2 is 1.94 bits per heavy atom. The molecule has 5 heteroatoms. The highest BCUT2D eigenvalue weighted by Crippen LogP contribution is 2.08. The Kier molecular flexibility index (Phi) is 8.88. The Hall–Kier alpha value is -1.39. The van der Waals surface area contributed by atoms with Gasteiger partial charge in [-0.2, -0.15) is 0 Å². The van der Waals surface area contributed by atoms with E-state index in [1.54, 1.807) is 14.1 Å². The Labute approximate surface area is 109 Å². The number of unbranched alkanes of at least 4 members (excludes halogenated alkanes) is 2. The molecule has 104 valence electrons. The fraction of sp³-hybridized carbons (Fsp3) is 0.769. The first-order valence-corrected chi connectivity index (χ1v) is 6.48. The van der Waals surface area contributed by atoms with Crippen LogP contribution in [0.25, 0.3) is 0 Å². The second-order valence-corrected chi connectivity index (χ2v) is 4.38. The molecule has 0 radical (unpaired) electrons. The van der Waals surface area contributed by atoms with E-state index in [9.17, 15) is 14.4 Å². The largest absolute Gasteiger partial charge is 0.359 e. The second kappa shape index (κ2) is 9.62. The van der Waals surface area contributed by atoms with E-state index in [1.165, 1.54) is 4.90 Å². The van der Waals surface area contributed by atoms with E-state index in [0.717, 1.165) is 25.5 Å². The fourth-order valence-electron chi connectivity index (χ4n) is 1.64. The molecule has 0 saturated carbocycles. The number of carbonyl (C=O) groups excluding carboxylic acids is 3. The van der Waals surface area contributed by atoms with Crippen LogP contribution in [0.15, 0.2) is 0 Å². The summed E-state index contributed by atoms with van der Waals surface area (Å²) in [7, 11) is 3.18. The molecule has 18 heavy (non-hydrogen) atoms. The zero-order valence-corrected chi connectivity index (χ0v) is 11.6. The van der Waals surface area contributed by atoms with Gasteiger partial charge in [0.1, 0.15) is 6.29 Å². The lowest BCUT2D eigenvalue weighted by atomic mass is 10.1. The summed E-state index contributed by atoms with van der Waals surface area (Å²) < 4.78 is 0. The van der Waals surface area contributed by atoms with Crippen LogP contribution < -0.4 is 5.32 Å². The predicted octanol–water partition coefficient (Wildman–Crippen LogP) is 1.12. The maximum absolute atomic E-state index is 11.8. The molecular weight excluding hydrogens is 232 g/mol. The Morgan fingerprint density at radius 3 is 2.44 bits per heavy atom. The van der Waals surface area contributed by atoms with Crippen molar-refractivity contribution >= 4 is 18.1 Å². The summed E-state index contributed by atoms with van der Waals surface area (Å²) in [5.41, 5.74) is 0. The van der Waals surface area contributed by atoms with Crippen LogP contribution in [0.4, 0.5) is 0 Å². The zero-order chi connectivity index (χ0) is 14.0. The number of carbonyl (C=O) groups is 3. The summed E-state index contributed by atoms with van der Waals surface area (Å²) in [5, 5.41) is 2.50. The van der Waals surface area contributed by atoms with Crippen LogP contribution in [0, 0.1) is 0 Å². The number of nitrogens with zero attached hydrogens (tertiary/aromatic N) is 1. The average molecular weight is 256 g/mol. The van der Waals surface area contributed by atoms with Crippen LogP contribution >= 0.6 is 0 Å². The van der Waals surface area contributed by atoms with Gasteiger partial charge in [0.15, 0.2) is 0 Å². The van der Waals surface area contributed by atoms with Gasteiger partial charge in [0.25, 0.3) is 0 Å². The number of hydrogen-bond acceptors (Lipinski definition) is 3. The number of likely N-dealkylation sites (N-methyl/N-ethyl adjacent to an activating group) is 1. The van der Waals surface area contributed by atoms with Crippen molar-refractivity contribution in [3.63, 3.8) is 0 Å². The summed E-state index contributed by atoms with van der Waals surface area (Å²) in [6.45, 7) is 2.08. The van der Waals surface area contributed by atoms with E-state index < -0.39 is 6.04 Å². The number of nitrogens with one attached hydrogen (secondary N) is 1. The normalized spacial score (nSPS) is 11.7. The van der Waals surface area contributed by atoms with Crippen LogP contribution in [0.2, 0.25) is 0 Å². The maximum Gasteiger partial charge on any atom is 0.222 e. The molecule has 0 aromatic rings. The topological polar surface area (TPSA) is 66.5 Å². The SMILES string of the molecule is CCCCCC(=O)N(C)C(C=O)CCC(=O)NC. The van der Waals surface area contributed by atoms with Gasteiger partial charge in [-0.15, -0.1) is 0 Å². The standard InChI is InChI=1S/C13H24N2O3/c1-4-5-6-7-13(18)15(3)11(10-16)8-9-12(17)14-2/h10-11H,4-9H2,1-3H3,(H,14,17). The average Bonchev–Trinajstić information content (AvgIpc) is 2.38. The number of amides is 2. The van der Waals surface area contributed by atoms with Crippen LogP contribution in [0.1, 0.15) is 45.4 Å².